The Morgan fingerprint density at radius 3 is 2.74 bits per heavy atom. The van der Waals surface area contributed by atoms with Crippen molar-refractivity contribution in [2.45, 2.75) is 25.9 Å². The Labute approximate surface area is 124 Å². The van der Waals surface area contributed by atoms with Crippen molar-refractivity contribution >= 4 is 43.3 Å². The fourth-order valence-electron chi connectivity index (χ4n) is 1.87. The van der Waals surface area contributed by atoms with Gasteiger partial charge in [0.1, 0.15) is 6.61 Å². The van der Waals surface area contributed by atoms with Crippen molar-refractivity contribution in [3.05, 3.63) is 33.6 Å². The normalized spacial score (nSPS) is 11.9. The summed E-state index contributed by atoms with van der Waals surface area (Å²) in [6, 6.07) is 8.18. The van der Waals surface area contributed by atoms with Crippen molar-refractivity contribution in [1.29, 1.82) is 0 Å². The highest BCUT2D eigenvalue weighted by molar-refractivity contribution is 9.10. The second kappa shape index (κ2) is 5.61. The molecule has 1 aromatic heterocycles. The quantitative estimate of drug-likeness (QED) is 0.890. The van der Waals surface area contributed by atoms with Gasteiger partial charge in [-0.1, -0.05) is 18.2 Å². The van der Waals surface area contributed by atoms with E-state index in [2.05, 4.69) is 28.1 Å². The summed E-state index contributed by atoms with van der Waals surface area (Å²) in [4.78, 5) is 11.8. The van der Waals surface area contributed by atoms with Crippen LogP contribution in [0.5, 0.6) is 0 Å². The van der Waals surface area contributed by atoms with Crippen LogP contribution in [0.1, 0.15) is 18.7 Å². The fourth-order valence-corrected chi connectivity index (χ4v) is 4.04. The monoisotopic (exact) mass is 342 g/mol. The predicted octanol–water partition coefficient (Wildman–Crippen LogP) is 4.09. The van der Waals surface area contributed by atoms with E-state index in [1.807, 2.05) is 26.0 Å². The van der Waals surface area contributed by atoms with Gasteiger partial charge in [0.15, 0.2) is 0 Å². The van der Waals surface area contributed by atoms with E-state index in [9.17, 15) is 4.79 Å². The Morgan fingerprint density at radius 1 is 1.42 bits per heavy atom. The molecule has 1 aromatic carbocycles. The van der Waals surface area contributed by atoms with E-state index in [1.54, 1.807) is 11.3 Å². The predicted molar refractivity (Wildman–Crippen MR) is 80.9 cm³/mol. The molecule has 0 radical (unpaired) electrons. The molecule has 1 N–H and O–H groups in total. The summed E-state index contributed by atoms with van der Waals surface area (Å²) < 4.78 is 7.74. The van der Waals surface area contributed by atoms with Crippen LogP contribution in [0.4, 0.5) is 0 Å². The highest BCUT2D eigenvalue weighted by atomic mass is 79.9. The molecule has 1 heterocycles. The minimum absolute atomic E-state index is 0.268. The smallest absolute Gasteiger partial charge is 0.329 e. The Balaban J connectivity index is 2.20. The molecule has 0 atom stereocenters. The number of benzene rings is 1. The molecule has 0 amide bonds. The molecule has 3 nitrogen and oxygen atoms in total. The first kappa shape index (κ1) is 14.5. The van der Waals surface area contributed by atoms with Crippen molar-refractivity contribution in [3.63, 3.8) is 0 Å². The molecule has 0 aliphatic carbocycles. The minimum atomic E-state index is -0.941. The van der Waals surface area contributed by atoms with Crippen LogP contribution in [-0.4, -0.2) is 23.3 Å². The van der Waals surface area contributed by atoms with Gasteiger partial charge >= 0.3 is 5.97 Å². The van der Waals surface area contributed by atoms with Crippen molar-refractivity contribution in [3.8, 4) is 0 Å². The lowest BCUT2D eigenvalue weighted by molar-refractivity contribution is -0.147. The summed E-state index contributed by atoms with van der Waals surface area (Å²) in [6.45, 7) is 3.55. The Hall–Kier alpha value is -0.910. The van der Waals surface area contributed by atoms with E-state index < -0.39 is 11.6 Å². The van der Waals surface area contributed by atoms with E-state index in [-0.39, 0.29) is 6.61 Å². The SMILES string of the molecule is CC(C)(Cc1sc2ccccc2c1Br)OCC(=O)O. The number of halogens is 1. The number of hydrogen-bond donors (Lipinski definition) is 1. The number of aliphatic carboxylic acids is 1. The summed E-state index contributed by atoms with van der Waals surface area (Å²) in [5.74, 6) is -0.941. The maximum absolute atomic E-state index is 10.6. The van der Waals surface area contributed by atoms with E-state index in [1.165, 1.54) is 15.0 Å². The molecule has 0 saturated heterocycles. The number of ether oxygens (including phenoxy) is 1. The van der Waals surface area contributed by atoms with E-state index >= 15 is 0 Å². The first-order valence-corrected chi connectivity index (χ1v) is 7.52. The van der Waals surface area contributed by atoms with Gasteiger partial charge in [-0.2, -0.15) is 0 Å². The van der Waals surface area contributed by atoms with Gasteiger partial charge < -0.3 is 9.84 Å². The molecular formula is C14H15BrO3S. The van der Waals surface area contributed by atoms with Crippen molar-refractivity contribution in [2.75, 3.05) is 6.61 Å². The van der Waals surface area contributed by atoms with Gasteiger partial charge in [-0.3, -0.25) is 0 Å². The Kier molecular flexibility index (Phi) is 4.28. The lowest BCUT2D eigenvalue weighted by Crippen LogP contribution is -2.29. The molecule has 102 valence electrons. The van der Waals surface area contributed by atoms with Crippen molar-refractivity contribution < 1.29 is 14.6 Å². The van der Waals surface area contributed by atoms with Crippen LogP contribution in [0.15, 0.2) is 28.7 Å². The van der Waals surface area contributed by atoms with Gasteiger partial charge in [0.25, 0.3) is 0 Å². The lowest BCUT2D eigenvalue weighted by Gasteiger charge is -2.23. The zero-order valence-electron chi connectivity index (χ0n) is 10.8. The first-order chi connectivity index (χ1) is 8.89. The van der Waals surface area contributed by atoms with E-state index in [0.717, 1.165) is 4.47 Å². The molecule has 0 fully saturated rings. The second-order valence-corrected chi connectivity index (χ2v) is 6.88. The molecule has 0 aliphatic rings. The summed E-state index contributed by atoms with van der Waals surface area (Å²) in [7, 11) is 0. The first-order valence-electron chi connectivity index (χ1n) is 5.91. The molecule has 0 spiro atoms. The standard InChI is InChI=1S/C14H15BrO3S/c1-14(2,18-8-12(16)17)7-11-13(15)9-5-3-4-6-10(9)19-11/h3-6H,7-8H2,1-2H3,(H,16,17). The molecule has 19 heavy (non-hydrogen) atoms. The van der Waals surface area contributed by atoms with E-state index in [4.69, 9.17) is 9.84 Å². The maximum Gasteiger partial charge on any atom is 0.329 e. The van der Waals surface area contributed by atoms with Crippen LogP contribution in [0, 0.1) is 0 Å². The average molecular weight is 343 g/mol. The molecular weight excluding hydrogens is 328 g/mol. The van der Waals surface area contributed by atoms with Crippen LogP contribution in [0.2, 0.25) is 0 Å². The van der Waals surface area contributed by atoms with Gasteiger partial charge in [-0.05, 0) is 35.8 Å². The third kappa shape index (κ3) is 3.55. The molecule has 0 bridgehead atoms. The third-order valence-corrected chi connectivity index (χ3v) is 5.11. The Bertz CT molecular complexity index is 604. The molecule has 0 unspecified atom stereocenters. The van der Waals surface area contributed by atoms with Crippen LogP contribution in [0.25, 0.3) is 10.1 Å². The molecule has 0 aliphatic heterocycles. The number of carbonyl (C=O) groups is 1. The topological polar surface area (TPSA) is 46.5 Å². The fraction of sp³-hybridized carbons (Fsp3) is 0.357. The zero-order chi connectivity index (χ0) is 14.0. The van der Waals surface area contributed by atoms with Crippen LogP contribution < -0.4 is 0 Å². The number of fused-ring (bicyclic) bond motifs is 1. The number of thiophene rings is 1. The number of carboxylic acids is 1. The summed E-state index contributed by atoms with van der Waals surface area (Å²) in [5.41, 5.74) is -0.498. The van der Waals surface area contributed by atoms with Gasteiger partial charge in [0.2, 0.25) is 0 Å². The Morgan fingerprint density at radius 2 is 2.11 bits per heavy atom. The van der Waals surface area contributed by atoms with Crippen LogP contribution in [-0.2, 0) is 16.0 Å². The van der Waals surface area contributed by atoms with Crippen molar-refractivity contribution in [1.82, 2.24) is 0 Å². The van der Waals surface area contributed by atoms with Crippen LogP contribution >= 0.6 is 27.3 Å². The number of carboxylic acid groups (broad SMARTS) is 1. The van der Waals surface area contributed by atoms with Crippen LogP contribution in [0.3, 0.4) is 0 Å². The van der Waals surface area contributed by atoms with E-state index in [0.29, 0.717) is 6.42 Å². The lowest BCUT2D eigenvalue weighted by atomic mass is 10.0. The maximum atomic E-state index is 10.6. The number of hydrogen-bond acceptors (Lipinski definition) is 3. The molecule has 2 rings (SSSR count). The largest absolute Gasteiger partial charge is 0.480 e. The average Bonchev–Trinajstić information content (AvgIpc) is 2.64. The minimum Gasteiger partial charge on any atom is -0.480 e. The number of rotatable bonds is 5. The second-order valence-electron chi connectivity index (χ2n) is 4.95. The highest BCUT2D eigenvalue weighted by Crippen LogP contribution is 2.37. The summed E-state index contributed by atoms with van der Waals surface area (Å²) in [5, 5.41) is 9.87. The molecule has 0 saturated carbocycles. The molecule has 5 heteroatoms. The van der Waals surface area contributed by atoms with Gasteiger partial charge in [-0.25, -0.2) is 4.79 Å². The van der Waals surface area contributed by atoms with Gasteiger partial charge in [-0.15, -0.1) is 11.3 Å². The third-order valence-electron chi connectivity index (χ3n) is 2.77. The van der Waals surface area contributed by atoms with Crippen molar-refractivity contribution in [2.24, 2.45) is 0 Å². The zero-order valence-corrected chi connectivity index (χ0v) is 13.2. The summed E-state index contributed by atoms with van der Waals surface area (Å²) >= 11 is 5.33. The van der Waals surface area contributed by atoms with Gasteiger partial charge in [0, 0.05) is 25.9 Å². The summed E-state index contributed by atoms with van der Waals surface area (Å²) in [6.07, 6.45) is 0.681. The van der Waals surface area contributed by atoms with Gasteiger partial charge in [0.05, 0.1) is 5.60 Å². The highest BCUT2D eigenvalue weighted by Gasteiger charge is 2.23. The molecule has 2 aromatic rings.